The maximum Gasteiger partial charge on any atom is 0.0382 e. The Morgan fingerprint density at radius 2 is 1.29 bits per heavy atom. The smallest absolute Gasteiger partial charge is 0.0382 e. The molecule has 2 N–H and O–H groups in total. The van der Waals surface area contributed by atoms with Crippen molar-refractivity contribution in [3.8, 4) is 0 Å². The lowest BCUT2D eigenvalue weighted by atomic mass is 9.81. The molecule has 17 heavy (non-hydrogen) atoms. The van der Waals surface area contributed by atoms with Gasteiger partial charge in [-0.25, -0.2) is 0 Å². The van der Waals surface area contributed by atoms with Gasteiger partial charge in [-0.2, -0.15) is 0 Å². The summed E-state index contributed by atoms with van der Waals surface area (Å²) in [5.74, 6) is 1.58. The molecule has 1 aromatic rings. The average molecular weight is 233 g/mol. The first kappa shape index (κ1) is 14.1. The Morgan fingerprint density at radius 3 is 1.65 bits per heavy atom. The van der Waals surface area contributed by atoms with Crippen molar-refractivity contribution in [3.05, 3.63) is 28.3 Å². The zero-order chi connectivity index (χ0) is 13.3. The number of hydrogen-bond donors (Lipinski definition) is 1. The zero-order valence-corrected chi connectivity index (χ0v) is 12.4. The van der Waals surface area contributed by atoms with Gasteiger partial charge < -0.3 is 5.73 Å². The summed E-state index contributed by atoms with van der Waals surface area (Å²) < 4.78 is 0. The van der Waals surface area contributed by atoms with Gasteiger partial charge in [0.15, 0.2) is 0 Å². The largest absolute Gasteiger partial charge is 0.398 e. The molecular weight excluding hydrogens is 206 g/mol. The molecule has 0 saturated carbocycles. The summed E-state index contributed by atoms with van der Waals surface area (Å²) in [6, 6.07) is 2.28. The summed E-state index contributed by atoms with van der Waals surface area (Å²) in [5.41, 5.74) is 12.8. The lowest BCUT2D eigenvalue weighted by Crippen LogP contribution is -2.10. The monoisotopic (exact) mass is 233 g/mol. The minimum Gasteiger partial charge on any atom is -0.398 e. The van der Waals surface area contributed by atoms with Crippen LogP contribution < -0.4 is 5.73 Å². The predicted octanol–water partition coefficient (Wildman–Crippen LogP) is 4.95. The van der Waals surface area contributed by atoms with Gasteiger partial charge in [0.25, 0.3) is 0 Å². The van der Waals surface area contributed by atoms with E-state index in [2.05, 4.69) is 54.5 Å². The molecule has 96 valence electrons. The summed E-state index contributed by atoms with van der Waals surface area (Å²) in [6.07, 6.45) is 0. The van der Waals surface area contributed by atoms with Crippen molar-refractivity contribution in [2.24, 2.45) is 0 Å². The molecule has 0 heterocycles. The Balaban J connectivity index is 3.64. The van der Waals surface area contributed by atoms with E-state index in [-0.39, 0.29) is 0 Å². The number of rotatable bonds is 3. The fraction of sp³-hybridized carbons (Fsp3) is 0.625. The highest BCUT2D eigenvalue weighted by atomic mass is 14.6. The Bertz CT molecular complexity index is 400. The van der Waals surface area contributed by atoms with Crippen molar-refractivity contribution < 1.29 is 0 Å². The van der Waals surface area contributed by atoms with Gasteiger partial charge in [-0.15, -0.1) is 0 Å². The van der Waals surface area contributed by atoms with Crippen LogP contribution in [0.4, 0.5) is 5.69 Å². The lowest BCUT2D eigenvalue weighted by Gasteiger charge is -2.25. The SMILES string of the molecule is Cc1cc(C(C)C)c(C(C)C)c(C(C)C)c1N. The van der Waals surface area contributed by atoms with Crippen LogP contribution in [0, 0.1) is 6.92 Å². The van der Waals surface area contributed by atoms with Gasteiger partial charge in [0.2, 0.25) is 0 Å². The van der Waals surface area contributed by atoms with Crippen LogP contribution in [-0.2, 0) is 0 Å². The number of nitrogens with two attached hydrogens (primary N) is 1. The second-order valence-corrected chi connectivity index (χ2v) is 5.99. The van der Waals surface area contributed by atoms with Gasteiger partial charge in [0.05, 0.1) is 0 Å². The molecule has 1 nitrogen and oxygen atoms in total. The van der Waals surface area contributed by atoms with Crippen LogP contribution in [0.1, 0.15) is 81.5 Å². The van der Waals surface area contributed by atoms with Crippen LogP contribution in [0.15, 0.2) is 6.07 Å². The highest BCUT2D eigenvalue weighted by Crippen LogP contribution is 2.38. The van der Waals surface area contributed by atoms with E-state index in [4.69, 9.17) is 5.73 Å². The molecule has 0 aliphatic heterocycles. The highest BCUT2D eigenvalue weighted by molar-refractivity contribution is 5.62. The Labute approximate surface area is 106 Å². The maximum absolute atomic E-state index is 6.29. The molecule has 0 unspecified atom stereocenters. The minimum absolute atomic E-state index is 0.491. The van der Waals surface area contributed by atoms with Crippen molar-refractivity contribution in [1.29, 1.82) is 0 Å². The predicted molar refractivity (Wildman–Crippen MR) is 77.9 cm³/mol. The third-order valence-corrected chi connectivity index (χ3v) is 3.46. The van der Waals surface area contributed by atoms with Crippen LogP contribution in [0.3, 0.4) is 0 Å². The van der Waals surface area contributed by atoms with E-state index in [1.54, 1.807) is 0 Å². The normalized spacial score (nSPS) is 11.9. The van der Waals surface area contributed by atoms with Crippen molar-refractivity contribution >= 4 is 5.69 Å². The van der Waals surface area contributed by atoms with Gasteiger partial charge >= 0.3 is 0 Å². The van der Waals surface area contributed by atoms with E-state index in [0.29, 0.717) is 17.8 Å². The van der Waals surface area contributed by atoms with Crippen LogP contribution >= 0.6 is 0 Å². The molecule has 0 saturated heterocycles. The topological polar surface area (TPSA) is 26.0 Å². The maximum atomic E-state index is 6.29. The molecule has 0 aromatic heterocycles. The molecule has 1 rings (SSSR count). The molecule has 1 heteroatoms. The van der Waals surface area contributed by atoms with Crippen LogP contribution in [0.5, 0.6) is 0 Å². The Hall–Kier alpha value is -0.980. The molecule has 0 spiro atoms. The van der Waals surface area contributed by atoms with Gasteiger partial charge in [-0.3, -0.25) is 0 Å². The molecule has 0 radical (unpaired) electrons. The van der Waals surface area contributed by atoms with Gasteiger partial charge in [-0.05, 0) is 46.9 Å². The molecule has 1 aromatic carbocycles. The molecule has 0 fully saturated rings. The molecule has 0 amide bonds. The zero-order valence-electron chi connectivity index (χ0n) is 12.4. The Morgan fingerprint density at radius 1 is 0.824 bits per heavy atom. The van der Waals surface area contributed by atoms with E-state index in [9.17, 15) is 0 Å². The number of aryl methyl sites for hydroxylation is 1. The van der Waals surface area contributed by atoms with Gasteiger partial charge in [0.1, 0.15) is 0 Å². The van der Waals surface area contributed by atoms with E-state index in [0.717, 1.165) is 5.69 Å². The third-order valence-electron chi connectivity index (χ3n) is 3.46. The van der Waals surface area contributed by atoms with E-state index in [1.165, 1.54) is 22.3 Å². The number of hydrogen-bond acceptors (Lipinski definition) is 1. The first-order chi connectivity index (χ1) is 7.77. The average Bonchev–Trinajstić information content (AvgIpc) is 2.19. The summed E-state index contributed by atoms with van der Waals surface area (Å²) in [7, 11) is 0. The van der Waals surface area contributed by atoms with Crippen LogP contribution in [-0.4, -0.2) is 0 Å². The van der Waals surface area contributed by atoms with E-state index in [1.807, 2.05) is 0 Å². The fourth-order valence-corrected chi connectivity index (χ4v) is 2.65. The first-order valence-electron chi connectivity index (χ1n) is 6.70. The van der Waals surface area contributed by atoms with Crippen molar-refractivity contribution in [1.82, 2.24) is 0 Å². The standard InChI is InChI=1S/C16H27N/c1-9(2)13-8-12(7)16(17)15(11(5)6)14(13)10(3)4/h8-11H,17H2,1-7H3. The summed E-state index contributed by atoms with van der Waals surface area (Å²) >= 11 is 0. The Kier molecular flexibility index (Phi) is 4.24. The first-order valence-corrected chi connectivity index (χ1v) is 6.70. The molecule has 0 aliphatic carbocycles. The number of nitrogen functional groups attached to an aromatic ring is 1. The summed E-state index contributed by atoms with van der Waals surface area (Å²) in [6.45, 7) is 15.7. The second-order valence-electron chi connectivity index (χ2n) is 5.99. The van der Waals surface area contributed by atoms with Gasteiger partial charge in [0, 0.05) is 5.69 Å². The quantitative estimate of drug-likeness (QED) is 0.735. The van der Waals surface area contributed by atoms with Crippen molar-refractivity contribution in [3.63, 3.8) is 0 Å². The molecular formula is C16H27N. The molecule has 0 bridgehead atoms. The summed E-state index contributed by atoms with van der Waals surface area (Å²) in [5, 5.41) is 0. The van der Waals surface area contributed by atoms with E-state index < -0.39 is 0 Å². The van der Waals surface area contributed by atoms with Crippen molar-refractivity contribution in [2.45, 2.75) is 66.2 Å². The van der Waals surface area contributed by atoms with Crippen LogP contribution in [0.2, 0.25) is 0 Å². The fourth-order valence-electron chi connectivity index (χ4n) is 2.65. The molecule has 0 aliphatic rings. The molecule has 0 atom stereocenters. The van der Waals surface area contributed by atoms with Crippen LogP contribution in [0.25, 0.3) is 0 Å². The van der Waals surface area contributed by atoms with E-state index >= 15 is 0 Å². The highest BCUT2D eigenvalue weighted by Gasteiger charge is 2.20. The minimum atomic E-state index is 0.491. The van der Waals surface area contributed by atoms with Gasteiger partial charge in [-0.1, -0.05) is 47.6 Å². The number of anilines is 1. The van der Waals surface area contributed by atoms with Crippen molar-refractivity contribution in [2.75, 3.05) is 5.73 Å². The lowest BCUT2D eigenvalue weighted by molar-refractivity contribution is 0.748. The summed E-state index contributed by atoms with van der Waals surface area (Å²) in [4.78, 5) is 0. The number of benzene rings is 1. The second kappa shape index (κ2) is 5.12. The third kappa shape index (κ3) is 2.65.